The van der Waals surface area contributed by atoms with E-state index < -0.39 is 10.8 Å². The van der Waals surface area contributed by atoms with Gasteiger partial charge in [-0.1, -0.05) is 0 Å². The lowest BCUT2D eigenvalue weighted by Gasteiger charge is -2.05. The largest absolute Gasteiger partial charge is 0.399 e. The smallest absolute Gasteiger partial charge is 0.0705 e. The minimum absolute atomic E-state index is 0.413. The highest BCUT2D eigenvalue weighted by Crippen LogP contribution is 2.18. The fourth-order valence-corrected chi connectivity index (χ4v) is 2.87. The van der Waals surface area contributed by atoms with Crippen molar-refractivity contribution in [3.05, 3.63) is 52.3 Å². The molecule has 0 spiro atoms. The maximum absolute atomic E-state index is 12.2. The third kappa shape index (κ3) is 3.17. The molecule has 1 atom stereocenters. The van der Waals surface area contributed by atoms with Gasteiger partial charge in [0.15, 0.2) is 0 Å². The molecule has 0 saturated heterocycles. The number of aryl methyl sites for hydroxylation is 1. The second-order valence-corrected chi connectivity index (χ2v) is 6.34. The highest BCUT2D eigenvalue weighted by Gasteiger charge is 2.07. The molecule has 0 aliphatic rings. The zero-order valence-electron chi connectivity index (χ0n) is 9.89. The van der Waals surface area contributed by atoms with Gasteiger partial charge in [0.05, 0.1) is 22.2 Å². The van der Waals surface area contributed by atoms with Crippen LogP contribution < -0.4 is 5.73 Å². The fourth-order valence-electron chi connectivity index (χ4n) is 1.50. The van der Waals surface area contributed by atoms with E-state index in [2.05, 4.69) is 20.9 Å². The lowest BCUT2D eigenvalue weighted by Crippen LogP contribution is -2.00. The number of nitrogens with two attached hydrogens (primary N) is 1. The van der Waals surface area contributed by atoms with Crippen molar-refractivity contribution in [3.8, 4) is 0 Å². The molecule has 2 aromatic rings. The number of hydrogen-bond acceptors (Lipinski definition) is 3. The van der Waals surface area contributed by atoms with Crippen molar-refractivity contribution in [2.45, 2.75) is 17.6 Å². The summed E-state index contributed by atoms with van der Waals surface area (Å²) >= 11 is 3.32. The van der Waals surface area contributed by atoms with E-state index in [9.17, 15) is 4.21 Å². The van der Waals surface area contributed by atoms with Gasteiger partial charge >= 0.3 is 0 Å². The molecule has 2 rings (SSSR count). The molecule has 0 radical (unpaired) electrons. The molecule has 1 heterocycles. The molecule has 1 aromatic carbocycles. The lowest BCUT2D eigenvalue weighted by molar-refractivity contribution is 0.682. The normalized spacial score (nSPS) is 12.3. The Kier molecular flexibility index (Phi) is 4.14. The summed E-state index contributed by atoms with van der Waals surface area (Å²) in [6, 6.07) is 9.22. The topological polar surface area (TPSA) is 56.0 Å². The molecule has 5 heteroatoms. The molecule has 0 fully saturated rings. The van der Waals surface area contributed by atoms with Gasteiger partial charge in [0, 0.05) is 21.3 Å². The van der Waals surface area contributed by atoms with Crippen molar-refractivity contribution in [1.29, 1.82) is 0 Å². The zero-order chi connectivity index (χ0) is 13.1. The first-order valence-electron chi connectivity index (χ1n) is 5.41. The summed E-state index contributed by atoms with van der Waals surface area (Å²) in [7, 11) is -1.09. The number of hydrogen-bond donors (Lipinski definition) is 1. The van der Waals surface area contributed by atoms with E-state index in [1.165, 1.54) is 0 Å². The standard InChI is InChI=1S/C13H13BrN2OS/c1-9-6-12(4-5-13(9)15)18(17)8-11-3-2-10(14)7-16-11/h2-7H,8,15H2,1H3. The monoisotopic (exact) mass is 324 g/mol. The predicted octanol–water partition coefficient (Wildman–Crippen LogP) is 3.04. The Morgan fingerprint density at radius 1 is 1.33 bits per heavy atom. The first-order valence-corrected chi connectivity index (χ1v) is 7.52. The summed E-state index contributed by atoms with van der Waals surface area (Å²) in [4.78, 5) is 5.00. The molecule has 1 unspecified atom stereocenters. The van der Waals surface area contributed by atoms with E-state index in [1.807, 2.05) is 25.1 Å². The molecular formula is C13H13BrN2OS. The van der Waals surface area contributed by atoms with Crippen LogP contribution in [0.25, 0.3) is 0 Å². The number of halogens is 1. The second-order valence-electron chi connectivity index (χ2n) is 3.98. The first-order chi connectivity index (χ1) is 8.56. The van der Waals surface area contributed by atoms with Crippen LogP contribution in [0.4, 0.5) is 5.69 Å². The van der Waals surface area contributed by atoms with Crippen LogP contribution in [0.15, 0.2) is 45.9 Å². The second kappa shape index (κ2) is 5.63. The summed E-state index contributed by atoms with van der Waals surface area (Å²) in [5.41, 5.74) is 8.22. The summed E-state index contributed by atoms with van der Waals surface area (Å²) in [6.07, 6.45) is 1.71. The van der Waals surface area contributed by atoms with Gasteiger partial charge in [-0.15, -0.1) is 0 Å². The molecule has 0 amide bonds. The summed E-state index contributed by atoms with van der Waals surface area (Å²) < 4.78 is 13.1. The van der Waals surface area contributed by atoms with Crippen molar-refractivity contribution in [1.82, 2.24) is 4.98 Å². The van der Waals surface area contributed by atoms with Gasteiger partial charge in [0.25, 0.3) is 0 Å². The maximum atomic E-state index is 12.2. The van der Waals surface area contributed by atoms with Crippen LogP contribution in [0.3, 0.4) is 0 Å². The Morgan fingerprint density at radius 2 is 2.11 bits per heavy atom. The maximum Gasteiger partial charge on any atom is 0.0705 e. The highest BCUT2D eigenvalue weighted by atomic mass is 79.9. The van der Waals surface area contributed by atoms with Crippen LogP contribution in [0.1, 0.15) is 11.3 Å². The molecule has 0 aliphatic carbocycles. The molecule has 94 valence electrons. The van der Waals surface area contributed by atoms with Crippen LogP contribution in [0.2, 0.25) is 0 Å². The Labute approximate surface area is 117 Å². The van der Waals surface area contributed by atoms with Crippen LogP contribution in [-0.4, -0.2) is 9.19 Å². The van der Waals surface area contributed by atoms with Crippen LogP contribution in [0.5, 0.6) is 0 Å². The number of rotatable bonds is 3. The average Bonchev–Trinajstić information content (AvgIpc) is 2.35. The van der Waals surface area contributed by atoms with E-state index in [1.54, 1.807) is 18.3 Å². The van der Waals surface area contributed by atoms with Gasteiger partial charge in [-0.2, -0.15) is 0 Å². The van der Waals surface area contributed by atoms with Crippen LogP contribution in [-0.2, 0) is 16.6 Å². The van der Waals surface area contributed by atoms with Crippen LogP contribution >= 0.6 is 15.9 Å². The molecular weight excluding hydrogens is 312 g/mol. The van der Waals surface area contributed by atoms with Gasteiger partial charge in [-0.05, 0) is 58.7 Å². The minimum atomic E-state index is -1.09. The van der Waals surface area contributed by atoms with Crippen molar-refractivity contribution in [2.75, 3.05) is 5.73 Å². The molecule has 1 aromatic heterocycles. The van der Waals surface area contributed by atoms with Gasteiger partial charge in [-0.3, -0.25) is 9.19 Å². The number of pyridine rings is 1. The first kappa shape index (κ1) is 13.2. The van der Waals surface area contributed by atoms with Gasteiger partial charge in [0.1, 0.15) is 0 Å². The third-order valence-electron chi connectivity index (χ3n) is 2.57. The van der Waals surface area contributed by atoms with E-state index in [-0.39, 0.29) is 0 Å². The Balaban J connectivity index is 2.16. The van der Waals surface area contributed by atoms with Crippen molar-refractivity contribution in [2.24, 2.45) is 0 Å². The fraction of sp³-hybridized carbons (Fsp3) is 0.154. The van der Waals surface area contributed by atoms with Crippen molar-refractivity contribution >= 4 is 32.4 Å². The lowest BCUT2D eigenvalue weighted by atomic mass is 10.2. The quantitative estimate of drug-likeness (QED) is 0.883. The zero-order valence-corrected chi connectivity index (χ0v) is 12.3. The molecule has 3 nitrogen and oxygen atoms in total. The molecule has 0 saturated carbocycles. The predicted molar refractivity (Wildman–Crippen MR) is 77.6 cm³/mol. The van der Waals surface area contributed by atoms with Gasteiger partial charge in [-0.25, -0.2) is 0 Å². The van der Waals surface area contributed by atoms with E-state index in [4.69, 9.17) is 5.73 Å². The SMILES string of the molecule is Cc1cc(S(=O)Cc2ccc(Br)cn2)ccc1N. The molecule has 0 bridgehead atoms. The Bertz CT molecular complexity index is 584. The molecule has 2 N–H and O–H groups in total. The molecule has 18 heavy (non-hydrogen) atoms. The number of nitrogens with zero attached hydrogens (tertiary/aromatic N) is 1. The summed E-state index contributed by atoms with van der Waals surface area (Å²) in [6.45, 7) is 1.91. The van der Waals surface area contributed by atoms with Crippen molar-refractivity contribution < 1.29 is 4.21 Å². The van der Waals surface area contributed by atoms with Gasteiger partial charge in [0.2, 0.25) is 0 Å². The number of benzene rings is 1. The highest BCUT2D eigenvalue weighted by molar-refractivity contribution is 9.10. The van der Waals surface area contributed by atoms with Crippen LogP contribution in [0, 0.1) is 6.92 Å². The number of anilines is 1. The average molecular weight is 325 g/mol. The van der Waals surface area contributed by atoms with Gasteiger partial charge < -0.3 is 5.73 Å². The Hall–Kier alpha value is -1.20. The summed E-state index contributed by atoms with van der Waals surface area (Å²) in [5, 5.41) is 0. The van der Waals surface area contributed by atoms with Crippen molar-refractivity contribution in [3.63, 3.8) is 0 Å². The van der Waals surface area contributed by atoms with E-state index >= 15 is 0 Å². The number of aromatic nitrogens is 1. The van der Waals surface area contributed by atoms with E-state index in [0.717, 1.165) is 26.3 Å². The minimum Gasteiger partial charge on any atom is -0.399 e. The Morgan fingerprint density at radius 3 is 2.72 bits per heavy atom. The third-order valence-corrected chi connectivity index (χ3v) is 4.38. The van der Waals surface area contributed by atoms with E-state index in [0.29, 0.717) is 5.75 Å². The number of nitrogen functional groups attached to an aromatic ring is 1. The molecule has 0 aliphatic heterocycles. The summed E-state index contributed by atoms with van der Waals surface area (Å²) in [5.74, 6) is 0.413.